The summed E-state index contributed by atoms with van der Waals surface area (Å²) in [5.74, 6) is -0.126. The van der Waals surface area contributed by atoms with Crippen LogP contribution in [-0.4, -0.2) is 37.2 Å². The van der Waals surface area contributed by atoms with Crippen molar-refractivity contribution < 1.29 is 13.9 Å². The Morgan fingerprint density at radius 1 is 1.47 bits per heavy atom. The van der Waals surface area contributed by atoms with E-state index in [0.717, 1.165) is 5.52 Å². The first-order valence-electron chi connectivity index (χ1n) is 6.09. The molecule has 0 aliphatic heterocycles. The topological polar surface area (TPSA) is 76.4 Å². The van der Waals surface area contributed by atoms with Crippen molar-refractivity contribution in [2.45, 2.75) is 13.0 Å². The van der Waals surface area contributed by atoms with E-state index in [0.29, 0.717) is 24.7 Å². The lowest BCUT2D eigenvalue weighted by molar-refractivity contribution is -0.121. The summed E-state index contributed by atoms with van der Waals surface area (Å²) >= 11 is 0. The summed E-state index contributed by atoms with van der Waals surface area (Å²) in [4.78, 5) is 16.0. The highest BCUT2D eigenvalue weighted by Gasteiger charge is 2.14. The number of rotatable bonds is 6. The number of ether oxygens (including phenoxy) is 1. The third kappa shape index (κ3) is 3.45. The molecule has 0 spiro atoms. The van der Waals surface area contributed by atoms with Gasteiger partial charge in [0.05, 0.1) is 6.61 Å². The number of para-hydroxylation sites is 2. The SMILES string of the molecule is COCCNC(=O)C(C)Nc1nc2ccccc2o1. The molecule has 1 aromatic heterocycles. The zero-order valence-corrected chi connectivity index (χ0v) is 11.0. The molecule has 0 saturated carbocycles. The van der Waals surface area contributed by atoms with Crippen LogP contribution in [0.4, 0.5) is 6.01 Å². The van der Waals surface area contributed by atoms with E-state index in [9.17, 15) is 4.79 Å². The number of hydrogen-bond acceptors (Lipinski definition) is 5. The van der Waals surface area contributed by atoms with Gasteiger partial charge in [-0.3, -0.25) is 4.79 Å². The van der Waals surface area contributed by atoms with Crippen molar-refractivity contribution in [2.24, 2.45) is 0 Å². The number of nitrogens with one attached hydrogen (secondary N) is 2. The van der Waals surface area contributed by atoms with E-state index in [4.69, 9.17) is 9.15 Å². The lowest BCUT2D eigenvalue weighted by Crippen LogP contribution is -2.39. The van der Waals surface area contributed by atoms with Gasteiger partial charge in [0.2, 0.25) is 5.91 Å². The minimum Gasteiger partial charge on any atom is -0.424 e. The molecule has 0 aliphatic rings. The van der Waals surface area contributed by atoms with Crippen LogP contribution in [-0.2, 0) is 9.53 Å². The Hall–Kier alpha value is -2.08. The van der Waals surface area contributed by atoms with Crippen LogP contribution in [0.1, 0.15) is 6.92 Å². The fraction of sp³-hybridized carbons (Fsp3) is 0.385. The fourth-order valence-electron chi connectivity index (χ4n) is 1.61. The average molecular weight is 263 g/mol. The summed E-state index contributed by atoms with van der Waals surface area (Å²) in [5.41, 5.74) is 1.45. The zero-order chi connectivity index (χ0) is 13.7. The van der Waals surface area contributed by atoms with Gasteiger partial charge in [0, 0.05) is 13.7 Å². The van der Waals surface area contributed by atoms with Crippen molar-refractivity contribution in [1.82, 2.24) is 10.3 Å². The van der Waals surface area contributed by atoms with Crippen LogP contribution >= 0.6 is 0 Å². The molecule has 0 aliphatic carbocycles. The van der Waals surface area contributed by atoms with Crippen molar-refractivity contribution in [2.75, 3.05) is 25.6 Å². The zero-order valence-electron chi connectivity index (χ0n) is 11.0. The molecule has 102 valence electrons. The highest BCUT2D eigenvalue weighted by molar-refractivity contribution is 5.84. The Morgan fingerprint density at radius 2 is 2.26 bits per heavy atom. The number of anilines is 1. The molecule has 1 unspecified atom stereocenters. The fourth-order valence-corrected chi connectivity index (χ4v) is 1.61. The maximum Gasteiger partial charge on any atom is 0.296 e. The Balaban J connectivity index is 1.94. The van der Waals surface area contributed by atoms with Gasteiger partial charge in [-0.25, -0.2) is 0 Å². The van der Waals surface area contributed by atoms with E-state index in [-0.39, 0.29) is 5.91 Å². The number of aromatic nitrogens is 1. The van der Waals surface area contributed by atoms with Crippen LogP contribution in [0.3, 0.4) is 0 Å². The quantitative estimate of drug-likeness (QED) is 0.770. The Bertz CT molecular complexity index is 520. The second-order valence-corrected chi connectivity index (χ2v) is 4.14. The van der Waals surface area contributed by atoms with Gasteiger partial charge in [-0.1, -0.05) is 12.1 Å². The first-order chi connectivity index (χ1) is 9.20. The molecule has 2 N–H and O–H groups in total. The lowest BCUT2D eigenvalue weighted by atomic mass is 10.3. The summed E-state index contributed by atoms with van der Waals surface area (Å²) in [6, 6.07) is 7.36. The molecule has 19 heavy (non-hydrogen) atoms. The molecular weight excluding hydrogens is 246 g/mol. The highest BCUT2D eigenvalue weighted by atomic mass is 16.5. The second kappa shape index (κ2) is 6.19. The first kappa shape index (κ1) is 13.4. The molecule has 6 nitrogen and oxygen atoms in total. The lowest BCUT2D eigenvalue weighted by Gasteiger charge is -2.12. The summed E-state index contributed by atoms with van der Waals surface area (Å²) in [7, 11) is 1.59. The number of carbonyl (C=O) groups excluding carboxylic acids is 1. The van der Waals surface area contributed by atoms with Gasteiger partial charge in [0.15, 0.2) is 5.58 Å². The van der Waals surface area contributed by atoms with Crippen molar-refractivity contribution in [1.29, 1.82) is 0 Å². The minimum absolute atomic E-state index is 0.126. The van der Waals surface area contributed by atoms with E-state index < -0.39 is 6.04 Å². The van der Waals surface area contributed by atoms with E-state index in [1.165, 1.54) is 0 Å². The molecule has 0 fully saturated rings. The molecule has 0 bridgehead atoms. The monoisotopic (exact) mass is 263 g/mol. The summed E-state index contributed by atoms with van der Waals surface area (Å²) < 4.78 is 10.4. The number of nitrogens with zero attached hydrogens (tertiary/aromatic N) is 1. The Labute approximate surface area is 111 Å². The predicted octanol–water partition coefficient (Wildman–Crippen LogP) is 1.39. The molecule has 1 amide bonds. The standard InChI is InChI=1S/C13H17N3O3/c1-9(12(17)14-7-8-18-2)15-13-16-10-5-3-4-6-11(10)19-13/h3-6,9H,7-8H2,1-2H3,(H,14,17)(H,15,16). The van der Waals surface area contributed by atoms with Gasteiger partial charge >= 0.3 is 0 Å². The van der Waals surface area contributed by atoms with E-state index in [2.05, 4.69) is 15.6 Å². The smallest absolute Gasteiger partial charge is 0.296 e. The normalized spacial score (nSPS) is 12.3. The van der Waals surface area contributed by atoms with Crippen molar-refractivity contribution in [3.8, 4) is 0 Å². The van der Waals surface area contributed by atoms with Crippen LogP contribution in [0, 0.1) is 0 Å². The molecule has 6 heteroatoms. The summed E-state index contributed by atoms with van der Waals surface area (Å²) in [6.07, 6.45) is 0. The van der Waals surface area contributed by atoms with Crippen molar-refractivity contribution in [3.63, 3.8) is 0 Å². The largest absolute Gasteiger partial charge is 0.424 e. The highest BCUT2D eigenvalue weighted by Crippen LogP contribution is 2.18. The van der Waals surface area contributed by atoms with Crippen LogP contribution in [0.2, 0.25) is 0 Å². The number of benzene rings is 1. The molecule has 1 aromatic carbocycles. The summed E-state index contributed by atoms with van der Waals surface area (Å²) in [5, 5.41) is 5.67. The van der Waals surface area contributed by atoms with Crippen LogP contribution in [0.15, 0.2) is 28.7 Å². The number of amides is 1. The molecule has 0 saturated heterocycles. The Morgan fingerprint density at radius 3 is 3.00 bits per heavy atom. The number of carbonyl (C=O) groups is 1. The molecule has 2 rings (SSSR count). The van der Waals surface area contributed by atoms with Crippen LogP contribution < -0.4 is 10.6 Å². The van der Waals surface area contributed by atoms with Crippen LogP contribution in [0.25, 0.3) is 11.1 Å². The third-order valence-corrected chi connectivity index (χ3v) is 2.63. The van der Waals surface area contributed by atoms with Gasteiger partial charge in [-0.05, 0) is 19.1 Å². The maximum atomic E-state index is 11.7. The average Bonchev–Trinajstić information content (AvgIpc) is 2.80. The second-order valence-electron chi connectivity index (χ2n) is 4.14. The molecule has 1 heterocycles. The number of fused-ring (bicyclic) bond motifs is 1. The van der Waals surface area contributed by atoms with E-state index >= 15 is 0 Å². The third-order valence-electron chi connectivity index (χ3n) is 2.63. The maximum absolute atomic E-state index is 11.7. The molecule has 1 atom stereocenters. The first-order valence-corrected chi connectivity index (χ1v) is 6.09. The molecule has 2 aromatic rings. The molecular formula is C13H17N3O3. The Kier molecular flexibility index (Phi) is 4.35. The molecule has 0 radical (unpaired) electrons. The van der Waals surface area contributed by atoms with Crippen molar-refractivity contribution >= 4 is 23.0 Å². The van der Waals surface area contributed by atoms with Gasteiger partial charge in [0.25, 0.3) is 6.01 Å². The van der Waals surface area contributed by atoms with E-state index in [1.807, 2.05) is 24.3 Å². The minimum atomic E-state index is -0.426. The van der Waals surface area contributed by atoms with Gasteiger partial charge in [-0.15, -0.1) is 0 Å². The number of methoxy groups -OCH3 is 1. The van der Waals surface area contributed by atoms with Gasteiger partial charge in [0.1, 0.15) is 11.6 Å². The van der Waals surface area contributed by atoms with Crippen molar-refractivity contribution in [3.05, 3.63) is 24.3 Å². The number of oxazole rings is 1. The summed E-state index contributed by atoms with van der Waals surface area (Å²) in [6.45, 7) is 2.72. The van der Waals surface area contributed by atoms with Crippen LogP contribution in [0.5, 0.6) is 0 Å². The predicted molar refractivity (Wildman–Crippen MR) is 72.0 cm³/mol. The van der Waals surface area contributed by atoms with Gasteiger partial charge in [-0.2, -0.15) is 4.98 Å². The number of hydrogen-bond donors (Lipinski definition) is 2. The van der Waals surface area contributed by atoms with Gasteiger partial charge < -0.3 is 19.8 Å². The van der Waals surface area contributed by atoms with E-state index in [1.54, 1.807) is 14.0 Å².